The van der Waals surface area contributed by atoms with Crippen LogP contribution in [-0.2, 0) is 6.18 Å². The summed E-state index contributed by atoms with van der Waals surface area (Å²) in [7, 11) is 0. The highest BCUT2D eigenvalue weighted by molar-refractivity contribution is 5.96. The smallest absolute Gasteiger partial charge is 0.419 e. The molecular weight excluding hydrogens is 249 g/mol. The molecule has 96 valence electrons. The van der Waals surface area contributed by atoms with Gasteiger partial charge in [0.05, 0.1) is 5.56 Å². The molecule has 0 aliphatic carbocycles. The molecule has 1 heterocycles. The lowest BCUT2D eigenvalue weighted by molar-refractivity contribution is -0.368. The first-order valence-corrected chi connectivity index (χ1v) is 4.98. The topological polar surface area (TPSA) is 76.8 Å². The zero-order chi connectivity index (χ0) is 13.8. The monoisotopic (exact) mass is 257 g/mol. The molecule has 0 saturated heterocycles. The summed E-state index contributed by atoms with van der Waals surface area (Å²) >= 11 is 0. The minimum absolute atomic E-state index is 0.0557. The zero-order valence-corrected chi connectivity index (χ0v) is 9.12. The minimum atomic E-state index is -4.74. The van der Waals surface area contributed by atoms with Gasteiger partial charge in [0.1, 0.15) is 6.07 Å². The third kappa shape index (κ3) is 3.28. The van der Waals surface area contributed by atoms with E-state index in [-0.39, 0.29) is 18.4 Å². The van der Waals surface area contributed by atoms with Crippen molar-refractivity contribution in [1.82, 2.24) is 4.98 Å². The van der Waals surface area contributed by atoms with Crippen molar-refractivity contribution < 1.29 is 23.1 Å². The average Bonchev–Trinajstić information content (AvgIpc) is 2.34. The molecule has 0 aromatic carbocycles. The van der Waals surface area contributed by atoms with Crippen molar-refractivity contribution in [2.75, 3.05) is 6.61 Å². The van der Waals surface area contributed by atoms with E-state index < -0.39 is 29.8 Å². The highest BCUT2D eigenvalue weighted by atomic mass is 19.4. The third-order valence-corrected chi connectivity index (χ3v) is 2.17. The molecule has 0 N–H and O–H groups in total. The summed E-state index contributed by atoms with van der Waals surface area (Å²) in [4.78, 5) is 14.8. The normalized spacial score (nSPS) is 11.1. The van der Waals surface area contributed by atoms with Crippen molar-refractivity contribution >= 4 is 5.78 Å². The fourth-order valence-corrected chi connectivity index (χ4v) is 1.30. The molecule has 0 fully saturated rings. The fourth-order valence-electron chi connectivity index (χ4n) is 1.30. The Labute approximate surface area is 101 Å². The molecule has 0 aliphatic rings. The second kappa shape index (κ2) is 5.60. The van der Waals surface area contributed by atoms with Gasteiger partial charge >= 0.3 is 6.18 Å². The van der Waals surface area contributed by atoms with Gasteiger partial charge in [0, 0.05) is 18.2 Å². The number of rotatable bonds is 4. The van der Waals surface area contributed by atoms with E-state index in [0.29, 0.717) is 6.07 Å². The van der Waals surface area contributed by atoms with Crippen molar-refractivity contribution in [3.8, 4) is 6.07 Å². The number of pyridine rings is 1. The number of ketones is 1. The molecule has 7 heteroatoms. The van der Waals surface area contributed by atoms with Crippen LogP contribution in [0.1, 0.15) is 34.5 Å². The minimum Gasteiger partial charge on any atom is -0.854 e. The van der Waals surface area contributed by atoms with Gasteiger partial charge in [-0.2, -0.15) is 18.4 Å². The Kier molecular flexibility index (Phi) is 4.39. The summed E-state index contributed by atoms with van der Waals surface area (Å²) < 4.78 is 37.7. The van der Waals surface area contributed by atoms with Crippen LogP contribution >= 0.6 is 0 Å². The lowest BCUT2D eigenvalue weighted by Crippen LogP contribution is -2.13. The van der Waals surface area contributed by atoms with Crippen molar-refractivity contribution in [3.63, 3.8) is 0 Å². The van der Waals surface area contributed by atoms with E-state index >= 15 is 0 Å². The number of Topliss-reactive ketones (excluding diaryl/α,β-unsaturated/α-hetero) is 1. The highest BCUT2D eigenvalue weighted by Gasteiger charge is 2.35. The molecule has 0 atom stereocenters. The number of nitriles is 1. The fraction of sp³-hybridized carbons (Fsp3) is 0.364. The van der Waals surface area contributed by atoms with Crippen LogP contribution < -0.4 is 5.11 Å². The van der Waals surface area contributed by atoms with Gasteiger partial charge in [-0.3, -0.25) is 4.79 Å². The van der Waals surface area contributed by atoms with Crippen LogP contribution in [0.15, 0.2) is 12.3 Å². The number of nitrogens with zero attached hydrogens (tertiary/aromatic N) is 2. The highest BCUT2D eigenvalue weighted by Crippen LogP contribution is 2.31. The van der Waals surface area contributed by atoms with Crippen LogP contribution in [0.3, 0.4) is 0 Å². The van der Waals surface area contributed by atoms with Crippen LogP contribution in [0.25, 0.3) is 0 Å². The molecule has 0 saturated carbocycles. The van der Waals surface area contributed by atoms with Crippen molar-refractivity contribution in [1.29, 1.82) is 5.26 Å². The van der Waals surface area contributed by atoms with Crippen LogP contribution in [0.2, 0.25) is 0 Å². The summed E-state index contributed by atoms with van der Waals surface area (Å²) in [5.74, 6) is -0.590. The number of alkyl halides is 3. The Morgan fingerprint density at radius 3 is 2.67 bits per heavy atom. The SMILES string of the molecule is N#Cc1ncc(C(=O)CCC[O-])cc1C(F)(F)F. The van der Waals surface area contributed by atoms with Gasteiger partial charge in [0.25, 0.3) is 0 Å². The molecule has 0 unspecified atom stereocenters. The van der Waals surface area contributed by atoms with Crippen LogP contribution in [0.4, 0.5) is 13.2 Å². The number of carbonyl (C=O) groups excluding carboxylic acids is 1. The molecule has 1 aromatic heterocycles. The predicted molar refractivity (Wildman–Crippen MR) is 52.4 cm³/mol. The van der Waals surface area contributed by atoms with E-state index in [9.17, 15) is 23.1 Å². The largest absolute Gasteiger partial charge is 0.854 e. The summed E-state index contributed by atoms with van der Waals surface area (Å²) in [5, 5.41) is 18.7. The van der Waals surface area contributed by atoms with Crippen LogP contribution in [0, 0.1) is 11.3 Å². The van der Waals surface area contributed by atoms with Crippen molar-refractivity contribution in [2.45, 2.75) is 19.0 Å². The Bertz CT molecular complexity index is 492. The predicted octanol–water partition coefficient (Wildman–Crippen LogP) is 1.30. The van der Waals surface area contributed by atoms with Gasteiger partial charge in [-0.05, 0) is 6.07 Å². The van der Waals surface area contributed by atoms with E-state index in [0.717, 1.165) is 6.20 Å². The molecule has 0 spiro atoms. The maximum absolute atomic E-state index is 12.6. The van der Waals surface area contributed by atoms with Crippen molar-refractivity contribution in [3.05, 3.63) is 29.1 Å². The number of halogens is 3. The van der Waals surface area contributed by atoms with E-state index in [1.807, 2.05) is 0 Å². The first-order chi connectivity index (χ1) is 8.40. The molecule has 18 heavy (non-hydrogen) atoms. The Morgan fingerprint density at radius 1 is 1.50 bits per heavy atom. The maximum Gasteiger partial charge on any atom is 0.419 e. The maximum atomic E-state index is 12.6. The van der Waals surface area contributed by atoms with E-state index in [2.05, 4.69) is 4.98 Å². The number of carbonyl (C=O) groups is 1. The van der Waals surface area contributed by atoms with E-state index in [4.69, 9.17) is 5.26 Å². The molecule has 0 bridgehead atoms. The quantitative estimate of drug-likeness (QED) is 0.761. The average molecular weight is 257 g/mol. The molecule has 1 aromatic rings. The molecule has 4 nitrogen and oxygen atoms in total. The molecule has 0 radical (unpaired) electrons. The van der Waals surface area contributed by atoms with E-state index in [1.54, 1.807) is 0 Å². The standard InChI is InChI=1S/C11H8F3N2O2/c12-11(13,14)8-4-7(6-16-9(8)5-15)10(18)2-1-3-17/h4,6H,1-3H2/q-1. The number of aromatic nitrogens is 1. The molecule has 0 amide bonds. The number of hydrogen-bond acceptors (Lipinski definition) is 4. The van der Waals surface area contributed by atoms with Gasteiger partial charge in [0.2, 0.25) is 0 Å². The summed E-state index contributed by atoms with van der Waals surface area (Å²) in [6.07, 6.45) is -3.90. The van der Waals surface area contributed by atoms with Gasteiger partial charge < -0.3 is 5.11 Å². The lowest BCUT2D eigenvalue weighted by Gasteiger charge is -2.09. The Balaban J connectivity index is 3.12. The summed E-state index contributed by atoms with van der Waals surface area (Å²) in [6, 6.07) is 1.91. The molecule has 1 rings (SSSR count). The van der Waals surface area contributed by atoms with Gasteiger partial charge in [-0.25, -0.2) is 4.98 Å². The van der Waals surface area contributed by atoms with E-state index in [1.165, 1.54) is 6.07 Å². The van der Waals surface area contributed by atoms with Gasteiger partial charge in [-0.15, -0.1) is 6.61 Å². The van der Waals surface area contributed by atoms with Gasteiger partial charge in [-0.1, -0.05) is 6.42 Å². The molecule has 0 aliphatic heterocycles. The van der Waals surface area contributed by atoms with Crippen LogP contribution in [0.5, 0.6) is 0 Å². The second-order valence-corrected chi connectivity index (χ2v) is 3.46. The third-order valence-electron chi connectivity index (χ3n) is 2.17. The van der Waals surface area contributed by atoms with Crippen LogP contribution in [-0.4, -0.2) is 17.4 Å². The zero-order valence-electron chi connectivity index (χ0n) is 9.12. The van der Waals surface area contributed by atoms with Crippen molar-refractivity contribution in [2.24, 2.45) is 0 Å². The first-order valence-electron chi connectivity index (χ1n) is 4.98. The Hall–Kier alpha value is -1.94. The second-order valence-electron chi connectivity index (χ2n) is 3.46. The van der Waals surface area contributed by atoms with Gasteiger partial charge in [0.15, 0.2) is 11.5 Å². The lowest BCUT2D eigenvalue weighted by atomic mass is 10.0. The number of hydrogen-bond donors (Lipinski definition) is 0. The summed E-state index contributed by atoms with van der Waals surface area (Å²) in [6.45, 7) is -0.471. The summed E-state index contributed by atoms with van der Waals surface area (Å²) in [5.41, 5.74) is -2.25. The first kappa shape index (κ1) is 14.1. The molecular formula is C11H8F3N2O2-. The Morgan fingerprint density at radius 2 is 2.17 bits per heavy atom.